The molecule has 6 nitrogen and oxygen atoms in total. The Hall–Kier alpha value is -3.67. The predicted octanol–water partition coefficient (Wildman–Crippen LogP) is 5.45. The number of nitro groups is 1. The first-order valence-corrected chi connectivity index (χ1v) is 8.40. The molecule has 0 aliphatic heterocycles. The molecule has 0 aliphatic carbocycles. The van der Waals surface area contributed by atoms with Crippen molar-refractivity contribution in [3.8, 4) is 11.5 Å². The van der Waals surface area contributed by atoms with Gasteiger partial charge in [0.15, 0.2) is 0 Å². The molecule has 3 aromatic rings. The van der Waals surface area contributed by atoms with Crippen LogP contribution in [0.4, 0.5) is 11.4 Å². The molecule has 0 amide bonds. The van der Waals surface area contributed by atoms with Crippen molar-refractivity contribution in [1.82, 2.24) is 0 Å². The minimum atomic E-state index is -0.436. The molecule has 27 heavy (non-hydrogen) atoms. The lowest BCUT2D eigenvalue weighted by Crippen LogP contribution is -1.92. The van der Waals surface area contributed by atoms with Crippen molar-refractivity contribution in [3.05, 3.63) is 93.5 Å². The minimum Gasteiger partial charge on any atom is -0.457 e. The van der Waals surface area contributed by atoms with Crippen LogP contribution in [0.1, 0.15) is 16.7 Å². The SMILES string of the molecule is Cc1ccc(Oc2ccc(C=NNc3ccc([N+](=O)[O-])cc3)cc2)cc1C. The summed E-state index contributed by atoms with van der Waals surface area (Å²) in [6.45, 7) is 4.12. The number of anilines is 1. The van der Waals surface area contributed by atoms with Gasteiger partial charge in [0.05, 0.1) is 16.8 Å². The monoisotopic (exact) mass is 361 g/mol. The third kappa shape index (κ3) is 4.92. The Labute approximate surface area is 157 Å². The second-order valence-corrected chi connectivity index (χ2v) is 6.09. The highest BCUT2D eigenvalue weighted by molar-refractivity contribution is 5.80. The molecule has 0 saturated heterocycles. The van der Waals surface area contributed by atoms with E-state index in [4.69, 9.17) is 4.74 Å². The molecule has 0 aromatic heterocycles. The Kier molecular flexibility index (Phi) is 5.47. The van der Waals surface area contributed by atoms with Crippen LogP contribution >= 0.6 is 0 Å². The quantitative estimate of drug-likeness (QED) is 0.360. The summed E-state index contributed by atoms with van der Waals surface area (Å²) in [6, 6.07) is 19.6. The number of benzene rings is 3. The highest BCUT2D eigenvalue weighted by Crippen LogP contribution is 2.23. The van der Waals surface area contributed by atoms with Crippen LogP contribution < -0.4 is 10.2 Å². The van der Waals surface area contributed by atoms with E-state index in [0.717, 1.165) is 17.1 Å². The summed E-state index contributed by atoms with van der Waals surface area (Å²) in [4.78, 5) is 10.2. The molecule has 3 rings (SSSR count). The maximum atomic E-state index is 10.6. The summed E-state index contributed by atoms with van der Waals surface area (Å²) in [5, 5.41) is 14.8. The number of rotatable bonds is 6. The van der Waals surface area contributed by atoms with Crippen molar-refractivity contribution in [2.75, 3.05) is 5.43 Å². The van der Waals surface area contributed by atoms with E-state index in [1.165, 1.54) is 23.3 Å². The average Bonchev–Trinajstić information content (AvgIpc) is 2.66. The zero-order valence-corrected chi connectivity index (χ0v) is 15.0. The number of hydrogen-bond donors (Lipinski definition) is 1. The van der Waals surface area contributed by atoms with Crippen LogP contribution in [0.3, 0.4) is 0 Å². The summed E-state index contributed by atoms with van der Waals surface area (Å²) in [6.07, 6.45) is 1.67. The van der Waals surface area contributed by atoms with E-state index < -0.39 is 4.92 Å². The van der Waals surface area contributed by atoms with E-state index in [0.29, 0.717) is 5.69 Å². The van der Waals surface area contributed by atoms with Crippen molar-refractivity contribution < 1.29 is 9.66 Å². The summed E-state index contributed by atoms with van der Waals surface area (Å²) >= 11 is 0. The number of nitrogens with one attached hydrogen (secondary N) is 1. The molecule has 136 valence electrons. The molecule has 0 aliphatic rings. The van der Waals surface area contributed by atoms with E-state index in [1.54, 1.807) is 18.3 Å². The lowest BCUT2D eigenvalue weighted by atomic mass is 10.1. The van der Waals surface area contributed by atoms with E-state index >= 15 is 0 Å². The van der Waals surface area contributed by atoms with E-state index in [-0.39, 0.29) is 5.69 Å². The van der Waals surface area contributed by atoms with Gasteiger partial charge >= 0.3 is 0 Å². The Morgan fingerprint density at radius 2 is 1.59 bits per heavy atom. The summed E-state index contributed by atoms with van der Waals surface area (Å²) in [5.74, 6) is 1.55. The van der Waals surface area contributed by atoms with Gasteiger partial charge in [-0.05, 0) is 79.1 Å². The average molecular weight is 361 g/mol. The number of ether oxygens (including phenoxy) is 1. The molecule has 0 fully saturated rings. The molecule has 0 radical (unpaired) electrons. The molecule has 1 N–H and O–H groups in total. The van der Waals surface area contributed by atoms with Crippen LogP contribution in [0.5, 0.6) is 11.5 Å². The van der Waals surface area contributed by atoms with Gasteiger partial charge in [-0.15, -0.1) is 0 Å². The summed E-state index contributed by atoms with van der Waals surface area (Å²) in [7, 11) is 0. The number of hydrogen-bond acceptors (Lipinski definition) is 5. The molecule has 0 spiro atoms. The first-order chi connectivity index (χ1) is 13.0. The van der Waals surface area contributed by atoms with Gasteiger partial charge in [0.25, 0.3) is 5.69 Å². The second-order valence-electron chi connectivity index (χ2n) is 6.09. The molecular formula is C21H19N3O3. The van der Waals surface area contributed by atoms with E-state index in [2.05, 4.69) is 24.4 Å². The van der Waals surface area contributed by atoms with Gasteiger partial charge in [-0.3, -0.25) is 15.5 Å². The van der Waals surface area contributed by atoms with Crippen molar-refractivity contribution >= 4 is 17.6 Å². The van der Waals surface area contributed by atoms with Gasteiger partial charge in [0.2, 0.25) is 0 Å². The standard InChI is InChI=1S/C21H19N3O3/c1-15-3-10-21(13-16(15)2)27-20-11-4-17(5-12-20)14-22-23-18-6-8-19(9-7-18)24(25)26/h3-14,23H,1-2H3. The Balaban J connectivity index is 1.59. The van der Waals surface area contributed by atoms with E-state index in [1.807, 2.05) is 42.5 Å². The third-order valence-corrected chi connectivity index (χ3v) is 4.08. The lowest BCUT2D eigenvalue weighted by molar-refractivity contribution is -0.384. The van der Waals surface area contributed by atoms with Crippen molar-refractivity contribution in [2.24, 2.45) is 5.10 Å². The highest BCUT2D eigenvalue weighted by Gasteiger charge is 2.03. The highest BCUT2D eigenvalue weighted by atomic mass is 16.6. The molecule has 0 bridgehead atoms. The summed E-state index contributed by atoms with van der Waals surface area (Å²) in [5.41, 5.74) is 6.88. The van der Waals surface area contributed by atoms with Gasteiger partial charge in [0, 0.05) is 12.1 Å². The van der Waals surface area contributed by atoms with Crippen LogP contribution in [0.2, 0.25) is 0 Å². The maximum absolute atomic E-state index is 10.6. The maximum Gasteiger partial charge on any atom is 0.269 e. The minimum absolute atomic E-state index is 0.0453. The normalized spacial score (nSPS) is 10.7. The van der Waals surface area contributed by atoms with Gasteiger partial charge in [-0.2, -0.15) is 5.10 Å². The van der Waals surface area contributed by atoms with Crippen LogP contribution in [-0.2, 0) is 0 Å². The molecule has 0 heterocycles. The van der Waals surface area contributed by atoms with Crippen LogP contribution in [0, 0.1) is 24.0 Å². The van der Waals surface area contributed by atoms with Gasteiger partial charge in [0.1, 0.15) is 11.5 Å². The smallest absolute Gasteiger partial charge is 0.269 e. The molecule has 0 atom stereocenters. The molecule has 3 aromatic carbocycles. The van der Waals surface area contributed by atoms with Crippen molar-refractivity contribution in [3.63, 3.8) is 0 Å². The largest absolute Gasteiger partial charge is 0.457 e. The van der Waals surface area contributed by atoms with Gasteiger partial charge in [-0.25, -0.2) is 0 Å². The fourth-order valence-corrected chi connectivity index (χ4v) is 2.37. The van der Waals surface area contributed by atoms with Crippen LogP contribution in [0.25, 0.3) is 0 Å². The van der Waals surface area contributed by atoms with Crippen LogP contribution in [-0.4, -0.2) is 11.1 Å². The Morgan fingerprint density at radius 3 is 2.22 bits per heavy atom. The molecule has 0 saturated carbocycles. The zero-order chi connectivity index (χ0) is 19.2. The molecule has 6 heteroatoms. The zero-order valence-electron chi connectivity index (χ0n) is 15.0. The van der Waals surface area contributed by atoms with Crippen molar-refractivity contribution in [1.29, 1.82) is 0 Å². The number of hydrazone groups is 1. The third-order valence-electron chi connectivity index (χ3n) is 4.08. The van der Waals surface area contributed by atoms with Crippen LogP contribution in [0.15, 0.2) is 71.8 Å². The molecular weight excluding hydrogens is 342 g/mol. The fraction of sp³-hybridized carbons (Fsp3) is 0.0952. The summed E-state index contributed by atoms with van der Waals surface area (Å²) < 4.78 is 5.86. The lowest BCUT2D eigenvalue weighted by Gasteiger charge is -2.08. The van der Waals surface area contributed by atoms with Crippen molar-refractivity contribution in [2.45, 2.75) is 13.8 Å². The number of nitro benzene ring substituents is 1. The Morgan fingerprint density at radius 1 is 0.926 bits per heavy atom. The molecule has 0 unspecified atom stereocenters. The fourth-order valence-electron chi connectivity index (χ4n) is 2.37. The van der Waals surface area contributed by atoms with Gasteiger partial charge < -0.3 is 4.74 Å². The van der Waals surface area contributed by atoms with Gasteiger partial charge in [-0.1, -0.05) is 6.07 Å². The Bertz CT molecular complexity index is 965. The number of nitrogens with zero attached hydrogens (tertiary/aromatic N) is 2. The topological polar surface area (TPSA) is 76.8 Å². The number of aryl methyl sites for hydroxylation is 2. The second kappa shape index (κ2) is 8.14. The van der Waals surface area contributed by atoms with E-state index in [9.17, 15) is 10.1 Å². The first kappa shape index (κ1) is 18.1. The predicted molar refractivity (Wildman–Crippen MR) is 107 cm³/mol. The first-order valence-electron chi connectivity index (χ1n) is 8.40. The number of non-ortho nitro benzene ring substituents is 1.